The van der Waals surface area contributed by atoms with Gasteiger partial charge in [-0.05, 0) is 6.42 Å². The average Bonchev–Trinajstić information content (AvgIpc) is 2.33. The zero-order valence-electron chi connectivity index (χ0n) is 9.35. The minimum Gasteiger partial charge on any atom is -0.383 e. The van der Waals surface area contributed by atoms with Gasteiger partial charge in [0.05, 0.1) is 5.69 Å². The fourth-order valence-electron chi connectivity index (χ4n) is 1.77. The van der Waals surface area contributed by atoms with E-state index in [0.717, 1.165) is 29.7 Å². The number of hydrogen-bond donors (Lipinski definition) is 1. The van der Waals surface area contributed by atoms with Crippen molar-refractivity contribution in [2.24, 2.45) is 0 Å². The number of aromatic nitrogens is 2. The first-order chi connectivity index (χ1) is 7.83. The minimum atomic E-state index is 0.593. The summed E-state index contributed by atoms with van der Waals surface area (Å²) in [6, 6.07) is 10.1. The summed E-state index contributed by atoms with van der Waals surface area (Å²) in [6.45, 7) is 2.13. The van der Waals surface area contributed by atoms with E-state index < -0.39 is 0 Å². The lowest BCUT2D eigenvalue weighted by Crippen LogP contribution is -2.02. The molecule has 2 aromatic rings. The zero-order valence-corrected chi connectivity index (χ0v) is 9.35. The first-order valence-corrected chi connectivity index (χ1v) is 5.47. The first-order valence-electron chi connectivity index (χ1n) is 5.47. The summed E-state index contributed by atoms with van der Waals surface area (Å²) in [5.41, 5.74) is 9.00. The predicted octanol–water partition coefficient (Wildman–Crippen LogP) is 2.68. The molecule has 1 aromatic heterocycles. The number of nitrogens with two attached hydrogens (primary N) is 1. The van der Waals surface area contributed by atoms with Crippen LogP contribution >= 0.6 is 0 Å². The third-order valence-electron chi connectivity index (χ3n) is 2.53. The molecule has 16 heavy (non-hydrogen) atoms. The molecule has 1 heterocycles. The second-order valence-electron chi connectivity index (χ2n) is 3.70. The molecule has 0 saturated heterocycles. The molecule has 3 heteroatoms. The lowest BCUT2D eigenvalue weighted by atomic mass is 10.0. The van der Waals surface area contributed by atoms with E-state index in [2.05, 4.69) is 16.9 Å². The van der Waals surface area contributed by atoms with Crippen LogP contribution in [-0.2, 0) is 6.42 Å². The smallest absolute Gasteiger partial charge is 0.130 e. The maximum atomic E-state index is 5.89. The molecule has 0 aliphatic rings. The molecule has 82 valence electrons. The zero-order chi connectivity index (χ0) is 11.4. The van der Waals surface area contributed by atoms with Gasteiger partial charge in [-0.1, -0.05) is 43.7 Å². The third kappa shape index (κ3) is 2.03. The molecular formula is C13H15N3. The van der Waals surface area contributed by atoms with E-state index >= 15 is 0 Å². The van der Waals surface area contributed by atoms with Crippen molar-refractivity contribution in [2.45, 2.75) is 19.8 Å². The largest absolute Gasteiger partial charge is 0.383 e. The van der Waals surface area contributed by atoms with Crippen LogP contribution < -0.4 is 5.73 Å². The number of anilines is 1. The second-order valence-corrected chi connectivity index (χ2v) is 3.70. The summed E-state index contributed by atoms with van der Waals surface area (Å²) in [5, 5.41) is 0. The van der Waals surface area contributed by atoms with Crippen molar-refractivity contribution in [3.8, 4) is 11.3 Å². The van der Waals surface area contributed by atoms with Gasteiger partial charge in [0.15, 0.2) is 0 Å². The highest BCUT2D eigenvalue weighted by Crippen LogP contribution is 2.24. The topological polar surface area (TPSA) is 51.8 Å². The molecule has 0 unspecified atom stereocenters. The highest BCUT2D eigenvalue weighted by molar-refractivity contribution is 5.67. The molecule has 2 N–H and O–H groups in total. The van der Waals surface area contributed by atoms with Gasteiger partial charge < -0.3 is 5.73 Å². The van der Waals surface area contributed by atoms with Gasteiger partial charge in [0.2, 0.25) is 0 Å². The van der Waals surface area contributed by atoms with Crippen LogP contribution in [0.1, 0.15) is 18.9 Å². The molecule has 0 fully saturated rings. The third-order valence-corrected chi connectivity index (χ3v) is 2.53. The molecule has 0 radical (unpaired) electrons. The van der Waals surface area contributed by atoms with Crippen molar-refractivity contribution in [3.05, 3.63) is 42.2 Å². The van der Waals surface area contributed by atoms with Crippen LogP contribution in [0.2, 0.25) is 0 Å². The summed E-state index contributed by atoms with van der Waals surface area (Å²) in [6.07, 6.45) is 3.48. The fourth-order valence-corrected chi connectivity index (χ4v) is 1.77. The molecule has 0 spiro atoms. The van der Waals surface area contributed by atoms with Crippen LogP contribution in [0.15, 0.2) is 36.7 Å². The Balaban J connectivity index is 2.52. The predicted molar refractivity (Wildman–Crippen MR) is 65.9 cm³/mol. The second kappa shape index (κ2) is 4.75. The highest BCUT2D eigenvalue weighted by atomic mass is 14.9. The summed E-state index contributed by atoms with van der Waals surface area (Å²) < 4.78 is 0. The van der Waals surface area contributed by atoms with Gasteiger partial charge in [0.1, 0.15) is 12.1 Å². The van der Waals surface area contributed by atoms with Crippen molar-refractivity contribution < 1.29 is 0 Å². The standard InChI is InChI=1S/C13H15N3/c1-2-6-11-12(15-9-16-13(11)14)10-7-4-3-5-8-10/h3-5,7-9H,2,6H2,1H3,(H2,14,15,16). The number of nitrogens with zero attached hydrogens (tertiary/aromatic N) is 2. The molecule has 0 aliphatic heterocycles. The van der Waals surface area contributed by atoms with Gasteiger partial charge in [-0.3, -0.25) is 0 Å². The number of benzene rings is 1. The molecule has 1 aromatic carbocycles. The Kier molecular flexibility index (Phi) is 3.15. The van der Waals surface area contributed by atoms with Crippen LogP contribution in [-0.4, -0.2) is 9.97 Å². The Morgan fingerprint density at radius 2 is 1.88 bits per heavy atom. The SMILES string of the molecule is CCCc1c(N)ncnc1-c1ccccc1. The molecule has 0 bridgehead atoms. The van der Waals surface area contributed by atoms with E-state index in [9.17, 15) is 0 Å². The van der Waals surface area contributed by atoms with E-state index in [1.54, 1.807) is 0 Å². The number of hydrogen-bond acceptors (Lipinski definition) is 3. The van der Waals surface area contributed by atoms with Crippen molar-refractivity contribution in [3.63, 3.8) is 0 Å². The molecular weight excluding hydrogens is 198 g/mol. The average molecular weight is 213 g/mol. The Hall–Kier alpha value is -1.90. The van der Waals surface area contributed by atoms with Gasteiger partial charge in [-0.2, -0.15) is 0 Å². The van der Waals surface area contributed by atoms with Gasteiger partial charge in [-0.15, -0.1) is 0 Å². The normalized spacial score (nSPS) is 10.3. The van der Waals surface area contributed by atoms with E-state index in [1.165, 1.54) is 6.33 Å². The lowest BCUT2D eigenvalue weighted by molar-refractivity contribution is 0.908. The Bertz CT molecular complexity index is 466. The number of rotatable bonds is 3. The summed E-state index contributed by atoms with van der Waals surface area (Å²) >= 11 is 0. The van der Waals surface area contributed by atoms with Crippen molar-refractivity contribution in [2.75, 3.05) is 5.73 Å². The van der Waals surface area contributed by atoms with Gasteiger partial charge in [0, 0.05) is 11.1 Å². The van der Waals surface area contributed by atoms with Crippen LogP contribution in [0, 0.1) is 0 Å². The molecule has 2 rings (SSSR count). The van der Waals surface area contributed by atoms with Crippen molar-refractivity contribution in [1.29, 1.82) is 0 Å². The first kappa shape index (κ1) is 10.6. The maximum absolute atomic E-state index is 5.89. The van der Waals surface area contributed by atoms with Gasteiger partial charge in [-0.25, -0.2) is 9.97 Å². The minimum absolute atomic E-state index is 0.593. The summed E-state index contributed by atoms with van der Waals surface area (Å²) in [4.78, 5) is 8.39. The molecule has 3 nitrogen and oxygen atoms in total. The maximum Gasteiger partial charge on any atom is 0.130 e. The van der Waals surface area contributed by atoms with E-state index in [0.29, 0.717) is 5.82 Å². The Labute approximate surface area is 95.4 Å². The van der Waals surface area contributed by atoms with Crippen molar-refractivity contribution >= 4 is 5.82 Å². The summed E-state index contributed by atoms with van der Waals surface area (Å²) in [7, 11) is 0. The monoisotopic (exact) mass is 213 g/mol. The molecule has 0 amide bonds. The highest BCUT2D eigenvalue weighted by Gasteiger charge is 2.09. The van der Waals surface area contributed by atoms with Crippen LogP contribution in [0.3, 0.4) is 0 Å². The van der Waals surface area contributed by atoms with E-state index in [4.69, 9.17) is 5.73 Å². The fraction of sp³-hybridized carbons (Fsp3) is 0.231. The van der Waals surface area contributed by atoms with Gasteiger partial charge in [0.25, 0.3) is 0 Å². The van der Waals surface area contributed by atoms with Crippen molar-refractivity contribution in [1.82, 2.24) is 9.97 Å². The number of nitrogen functional groups attached to an aromatic ring is 1. The molecule has 0 aliphatic carbocycles. The van der Waals surface area contributed by atoms with Crippen LogP contribution in [0.5, 0.6) is 0 Å². The van der Waals surface area contributed by atoms with Crippen LogP contribution in [0.4, 0.5) is 5.82 Å². The molecule has 0 saturated carbocycles. The quantitative estimate of drug-likeness (QED) is 0.852. The van der Waals surface area contributed by atoms with Gasteiger partial charge >= 0.3 is 0 Å². The Morgan fingerprint density at radius 3 is 2.56 bits per heavy atom. The lowest BCUT2D eigenvalue weighted by Gasteiger charge is -2.09. The molecule has 0 atom stereocenters. The van der Waals surface area contributed by atoms with E-state index in [-0.39, 0.29) is 0 Å². The van der Waals surface area contributed by atoms with E-state index in [1.807, 2.05) is 30.3 Å². The summed E-state index contributed by atoms with van der Waals surface area (Å²) in [5.74, 6) is 0.593. The van der Waals surface area contributed by atoms with Crippen LogP contribution in [0.25, 0.3) is 11.3 Å². The Morgan fingerprint density at radius 1 is 1.12 bits per heavy atom.